The number of aryl methyl sites for hydroxylation is 1. The van der Waals surface area contributed by atoms with Crippen molar-refractivity contribution in [2.24, 2.45) is 0 Å². The maximum atomic E-state index is 9.40. The molecular weight excluding hydrogens is 218 g/mol. The van der Waals surface area contributed by atoms with Crippen LogP contribution in [0.4, 0.5) is 0 Å². The summed E-state index contributed by atoms with van der Waals surface area (Å²) in [4.78, 5) is 3.93. The van der Waals surface area contributed by atoms with Gasteiger partial charge in [0.15, 0.2) is 10.9 Å². The molecule has 84 valence electrons. The van der Waals surface area contributed by atoms with E-state index in [0.717, 1.165) is 6.42 Å². The van der Waals surface area contributed by atoms with E-state index in [4.69, 9.17) is 21.1 Å². The first-order chi connectivity index (χ1) is 7.15. The Balaban J connectivity index is 2.57. The van der Waals surface area contributed by atoms with Gasteiger partial charge in [0.25, 0.3) is 0 Å². The predicted octanol–water partition coefficient (Wildman–Crippen LogP) is 2.16. The minimum Gasteiger partial charge on any atom is -0.506 e. The topological polar surface area (TPSA) is 51.6 Å². The third-order valence-corrected chi connectivity index (χ3v) is 2.13. The number of methoxy groups -OCH3 is 1. The van der Waals surface area contributed by atoms with Crippen molar-refractivity contribution in [1.82, 2.24) is 4.98 Å². The zero-order valence-corrected chi connectivity index (χ0v) is 9.54. The van der Waals surface area contributed by atoms with Crippen molar-refractivity contribution in [3.05, 3.63) is 16.9 Å². The molecule has 1 aromatic heterocycles. The molecule has 0 saturated carbocycles. The number of halogens is 1. The maximum Gasteiger partial charge on any atom is 0.171 e. The van der Waals surface area contributed by atoms with Gasteiger partial charge in [0.05, 0.1) is 12.3 Å². The second kappa shape index (κ2) is 5.78. The van der Waals surface area contributed by atoms with Crippen LogP contribution in [0.25, 0.3) is 0 Å². The molecule has 0 bridgehead atoms. The Kier molecular flexibility index (Phi) is 4.65. The molecule has 0 spiro atoms. The van der Waals surface area contributed by atoms with Gasteiger partial charge in [-0.1, -0.05) is 11.6 Å². The molecule has 0 unspecified atom stereocenters. The zero-order chi connectivity index (χ0) is 11.3. The quantitative estimate of drug-likeness (QED) is 0.623. The number of hydrogen-bond donors (Lipinski definition) is 1. The highest BCUT2D eigenvalue weighted by Crippen LogP contribution is 2.28. The molecule has 1 heterocycles. The smallest absolute Gasteiger partial charge is 0.171 e. The van der Waals surface area contributed by atoms with E-state index in [1.807, 2.05) is 0 Å². The maximum absolute atomic E-state index is 9.40. The molecule has 0 aliphatic carbocycles. The van der Waals surface area contributed by atoms with Crippen LogP contribution in [-0.2, 0) is 4.74 Å². The summed E-state index contributed by atoms with van der Waals surface area (Å²) in [7, 11) is 1.63. The van der Waals surface area contributed by atoms with E-state index in [2.05, 4.69) is 4.98 Å². The summed E-state index contributed by atoms with van der Waals surface area (Å²) < 4.78 is 10.2. The number of aromatic hydroxyl groups is 1. The van der Waals surface area contributed by atoms with Crippen molar-refractivity contribution < 1.29 is 14.6 Å². The summed E-state index contributed by atoms with van der Waals surface area (Å²) in [5.74, 6) is 0.483. The lowest BCUT2D eigenvalue weighted by molar-refractivity contribution is 0.172. The van der Waals surface area contributed by atoms with Crippen molar-refractivity contribution in [3.63, 3.8) is 0 Å². The van der Waals surface area contributed by atoms with Crippen LogP contribution in [0, 0.1) is 6.92 Å². The second-order valence-electron chi connectivity index (χ2n) is 3.08. The van der Waals surface area contributed by atoms with Crippen molar-refractivity contribution in [2.75, 3.05) is 20.3 Å². The molecule has 0 aromatic carbocycles. The average molecular weight is 232 g/mol. The van der Waals surface area contributed by atoms with Gasteiger partial charge in [0, 0.05) is 26.2 Å². The van der Waals surface area contributed by atoms with E-state index >= 15 is 0 Å². The molecule has 0 aliphatic heterocycles. The van der Waals surface area contributed by atoms with Crippen LogP contribution in [0.3, 0.4) is 0 Å². The van der Waals surface area contributed by atoms with Crippen molar-refractivity contribution >= 4 is 11.6 Å². The van der Waals surface area contributed by atoms with Gasteiger partial charge in [-0.3, -0.25) is 0 Å². The van der Waals surface area contributed by atoms with Gasteiger partial charge >= 0.3 is 0 Å². The molecule has 0 aliphatic rings. The molecule has 1 N–H and O–H groups in total. The Morgan fingerprint density at radius 3 is 2.87 bits per heavy atom. The first-order valence-electron chi connectivity index (χ1n) is 4.63. The monoisotopic (exact) mass is 231 g/mol. The number of hydrogen-bond acceptors (Lipinski definition) is 4. The number of rotatable bonds is 5. The summed E-state index contributed by atoms with van der Waals surface area (Å²) >= 11 is 5.84. The Bertz CT molecular complexity index is 331. The normalized spacial score (nSPS) is 10.3. The van der Waals surface area contributed by atoms with E-state index in [-0.39, 0.29) is 10.9 Å². The Morgan fingerprint density at radius 1 is 1.47 bits per heavy atom. The Labute approximate surface area is 93.8 Å². The van der Waals surface area contributed by atoms with Crippen LogP contribution >= 0.6 is 11.6 Å². The van der Waals surface area contributed by atoms with Crippen LogP contribution < -0.4 is 4.74 Å². The molecule has 1 aromatic rings. The molecule has 0 amide bonds. The van der Waals surface area contributed by atoms with Gasteiger partial charge in [-0.25, -0.2) is 4.98 Å². The highest BCUT2D eigenvalue weighted by atomic mass is 35.5. The molecule has 15 heavy (non-hydrogen) atoms. The molecular formula is C10H14ClNO3. The molecule has 1 rings (SSSR count). The first-order valence-corrected chi connectivity index (χ1v) is 5.00. The lowest BCUT2D eigenvalue weighted by Crippen LogP contribution is -2.02. The van der Waals surface area contributed by atoms with E-state index in [1.165, 1.54) is 6.07 Å². The fourth-order valence-electron chi connectivity index (χ4n) is 1.03. The Hall–Kier alpha value is -1.00. The van der Waals surface area contributed by atoms with Gasteiger partial charge in [0.2, 0.25) is 0 Å². The average Bonchev–Trinajstić information content (AvgIpc) is 2.20. The number of aromatic nitrogens is 1. The minimum absolute atomic E-state index is 0.0844. The summed E-state index contributed by atoms with van der Waals surface area (Å²) in [6.45, 7) is 2.79. The summed E-state index contributed by atoms with van der Waals surface area (Å²) in [5, 5.41) is 9.67. The lowest BCUT2D eigenvalue weighted by atomic mass is 10.3. The largest absolute Gasteiger partial charge is 0.506 e. The fourth-order valence-corrected chi connectivity index (χ4v) is 1.27. The van der Waals surface area contributed by atoms with E-state index in [0.29, 0.717) is 24.7 Å². The molecule has 5 heteroatoms. The highest BCUT2D eigenvalue weighted by Gasteiger charge is 2.07. The fraction of sp³-hybridized carbons (Fsp3) is 0.500. The number of pyridine rings is 1. The van der Waals surface area contributed by atoms with E-state index in [1.54, 1.807) is 14.0 Å². The van der Waals surface area contributed by atoms with Gasteiger partial charge in [0.1, 0.15) is 5.75 Å². The number of nitrogens with zero attached hydrogens (tertiary/aromatic N) is 1. The summed E-state index contributed by atoms with van der Waals surface area (Å²) in [6, 6.07) is 1.47. The minimum atomic E-state index is 0.0844. The van der Waals surface area contributed by atoms with E-state index in [9.17, 15) is 5.11 Å². The van der Waals surface area contributed by atoms with Crippen molar-refractivity contribution in [2.45, 2.75) is 13.3 Å². The van der Waals surface area contributed by atoms with Gasteiger partial charge < -0.3 is 14.6 Å². The standard InChI is InChI=1S/C10H14ClNO3/c1-7-8(13)6-9(10(11)12-7)15-5-3-4-14-2/h6,13H,3-5H2,1-2H3. The predicted molar refractivity (Wildman–Crippen MR) is 57.6 cm³/mol. The highest BCUT2D eigenvalue weighted by molar-refractivity contribution is 6.30. The third-order valence-electron chi connectivity index (χ3n) is 1.86. The Morgan fingerprint density at radius 2 is 2.20 bits per heavy atom. The second-order valence-corrected chi connectivity index (χ2v) is 3.43. The summed E-state index contributed by atoms with van der Waals surface area (Å²) in [6.07, 6.45) is 0.765. The van der Waals surface area contributed by atoms with Crippen molar-refractivity contribution in [1.29, 1.82) is 0 Å². The molecule has 4 nitrogen and oxygen atoms in total. The SMILES string of the molecule is COCCCOc1cc(O)c(C)nc1Cl. The molecule has 0 atom stereocenters. The number of ether oxygens (including phenoxy) is 2. The lowest BCUT2D eigenvalue weighted by Gasteiger charge is -2.08. The van der Waals surface area contributed by atoms with Crippen LogP contribution in [-0.4, -0.2) is 30.4 Å². The zero-order valence-electron chi connectivity index (χ0n) is 8.79. The van der Waals surface area contributed by atoms with Crippen LogP contribution in [0.2, 0.25) is 5.15 Å². The van der Waals surface area contributed by atoms with Gasteiger partial charge in [-0.2, -0.15) is 0 Å². The molecule has 0 saturated heterocycles. The molecule has 0 radical (unpaired) electrons. The summed E-state index contributed by atoms with van der Waals surface area (Å²) in [5.41, 5.74) is 0.490. The van der Waals surface area contributed by atoms with Gasteiger partial charge in [-0.15, -0.1) is 0 Å². The van der Waals surface area contributed by atoms with Crippen LogP contribution in [0.5, 0.6) is 11.5 Å². The van der Waals surface area contributed by atoms with Gasteiger partial charge in [-0.05, 0) is 6.92 Å². The third kappa shape index (κ3) is 3.57. The van der Waals surface area contributed by atoms with Crippen LogP contribution in [0.15, 0.2) is 6.07 Å². The molecule has 0 fully saturated rings. The first kappa shape index (κ1) is 12.1. The van der Waals surface area contributed by atoms with Crippen molar-refractivity contribution in [3.8, 4) is 11.5 Å². The van der Waals surface area contributed by atoms with E-state index < -0.39 is 0 Å². The van der Waals surface area contributed by atoms with Crippen LogP contribution in [0.1, 0.15) is 12.1 Å².